The molecule has 0 radical (unpaired) electrons. The van der Waals surface area contributed by atoms with Crippen molar-refractivity contribution in [3.8, 4) is 5.75 Å². The number of amides is 1. The third-order valence-electron chi connectivity index (χ3n) is 4.10. The van der Waals surface area contributed by atoms with Gasteiger partial charge in [-0.1, -0.05) is 17.4 Å². The highest BCUT2D eigenvalue weighted by Gasteiger charge is 2.17. The number of carbonyl (C=O) groups is 1. The number of aromatic hydroxyl groups is 1. The van der Waals surface area contributed by atoms with Crippen molar-refractivity contribution in [2.75, 3.05) is 10.0 Å². The van der Waals surface area contributed by atoms with Crippen molar-refractivity contribution in [1.29, 1.82) is 0 Å². The third-order valence-corrected chi connectivity index (χ3v) is 6.52. The summed E-state index contributed by atoms with van der Waals surface area (Å²) in [5.41, 5.74) is 1.31. The Bertz CT molecular complexity index is 1350. The molecule has 4 aromatic rings. The van der Waals surface area contributed by atoms with E-state index in [1.807, 2.05) is 0 Å². The fourth-order valence-corrected chi connectivity index (χ4v) is 4.82. The third kappa shape index (κ3) is 4.24. The molecule has 152 valence electrons. The van der Waals surface area contributed by atoms with Gasteiger partial charge in [0.2, 0.25) is 0 Å². The quantitative estimate of drug-likeness (QED) is 0.429. The van der Waals surface area contributed by atoms with Crippen LogP contribution < -0.4 is 10.0 Å². The van der Waals surface area contributed by atoms with Gasteiger partial charge in [-0.2, -0.15) is 0 Å². The number of aromatic nitrogens is 1. The Morgan fingerprint density at radius 1 is 1.03 bits per heavy atom. The smallest absolute Gasteiger partial charge is 0.263 e. The van der Waals surface area contributed by atoms with Gasteiger partial charge in [-0.05, 0) is 54.6 Å². The Labute approximate surface area is 174 Å². The Morgan fingerprint density at radius 3 is 2.53 bits per heavy atom. The highest BCUT2D eigenvalue weighted by molar-refractivity contribution is 7.93. The Kier molecular flexibility index (Phi) is 5.10. The van der Waals surface area contributed by atoms with E-state index in [1.165, 1.54) is 12.1 Å². The van der Waals surface area contributed by atoms with Gasteiger partial charge in [0.1, 0.15) is 11.6 Å². The summed E-state index contributed by atoms with van der Waals surface area (Å²) in [4.78, 5) is 16.6. The highest BCUT2D eigenvalue weighted by Crippen LogP contribution is 2.29. The van der Waals surface area contributed by atoms with Gasteiger partial charge in [-0.15, -0.1) is 0 Å². The van der Waals surface area contributed by atoms with Crippen molar-refractivity contribution >= 4 is 48.3 Å². The van der Waals surface area contributed by atoms with Crippen LogP contribution in [0.25, 0.3) is 10.2 Å². The van der Waals surface area contributed by atoms with E-state index in [9.17, 15) is 22.7 Å². The summed E-state index contributed by atoms with van der Waals surface area (Å²) in [5, 5.41) is 12.3. The number of phenolic OH excluding ortho intramolecular Hbond substituents is 1. The molecule has 0 unspecified atom stereocenters. The maximum Gasteiger partial charge on any atom is 0.263 e. The first-order chi connectivity index (χ1) is 14.3. The molecule has 0 saturated carbocycles. The molecule has 3 aromatic carbocycles. The molecule has 0 fully saturated rings. The van der Waals surface area contributed by atoms with Crippen LogP contribution in [0.2, 0.25) is 0 Å². The molecule has 1 amide bonds. The topological polar surface area (TPSA) is 108 Å². The van der Waals surface area contributed by atoms with Crippen LogP contribution in [-0.2, 0) is 10.0 Å². The van der Waals surface area contributed by atoms with Gasteiger partial charge in [0.15, 0.2) is 5.13 Å². The number of benzene rings is 3. The van der Waals surface area contributed by atoms with Gasteiger partial charge < -0.3 is 10.4 Å². The van der Waals surface area contributed by atoms with E-state index in [0.29, 0.717) is 21.5 Å². The van der Waals surface area contributed by atoms with Crippen molar-refractivity contribution in [1.82, 2.24) is 4.98 Å². The first-order valence-electron chi connectivity index (χ1n) is 8.59. The molecular formula is C20H14FN3O4S2. The van der Waals surface area contributed by atoms with Crippen LogP contribution in [0.1, 0.15) is 10.4 Å². The summed E-state index contributed by atoms with van der Waals surface area (Å²) in [6.07, 6.45) is 0. The summed E-state index contributed by atoms with van der Waals surface area (Å²) in [7, 11) is -3.92. The number of fused-ring (bicyclic) bond motifs is 1. The molecule has 0 aliphatic heterocycles. The van der Waals surface area contributed by atoms with Crippen molar-refractivity contribution < 1.29 is 22.7 Å². The first-order valence-corrected chi connectivity index (χ1v) is 10.9. The van der Waals surface area contributed by atoms with Crippen molar-refractivity contribution in [2.45, 2.75) is 4.90 Å². The minimum atomic E-state index is -3.92. The standard InChI is InChI=1S/C20H14FN3O4S2/c21-13-5-7-16(8-6-13)30(27,28)24-20-23-17-9-4-12(10-18(17)29-20)19(26)22-14-2-1-3-15(25)11-14/h1-11,25H,(H,22,26)(H,23,24). The second-order valence-corrected chi connectivity index (χ2v) is 8.98. The number of sulfonamides is 1. The minimum Gasteiger partial charge on any atom is -0.508 e. The number of nitrogens with zero attached hydrogens (tertiary/aromatic N) is 1. The zero-order chi connectivity index (χ0) is 21.3. The van der Waals surface area contributed by atoms with Crippen molar-refractivity contribution in [2.24, 2.45) is 0 Å². The SMILES string of the molecule is O=C(Nc1cccc(O)c1)c1ccc2nc(NS(=O)(=O)c3ccc(F)cc3)sc2c1. The van der Waals surface area contributed by atoms with Gasteiger partial charge in [-0.3, -0.25) is 9.52 Å². The molecule has 0 saturated heterocycles. The van der Waals surface area contributed by atoms with Crippen LogP contribution >= 0.6 is 11.3 Å². The first kappa shape index (κ1) is 19.8. The number of thiazole rings is 1. The Morgan fingerprint density at radius 2 is 1.80 bits per heavy atom. The van der Waals surface area contributed by atoms with Crippen LogP contribution in [0.5, 0.6) is 5.75 Å². The molecule has 10 heteroatoms. The molecule has 4 rings (SSSR count). The number of nitrogens with one attached hydrogen (secondary N) is 2. The van der Waals surface area contributed by atoms with E-state index in [0.717, 1.165) is 35.6 Å². The summed E-state index contributed by atoms with van der Waals surface area (Å²) in [5.74, 6) is -0.890. The number of hydrogen-bond acceptors (Lipinski definition) is 6. The number of anilines is 2. The van der Waals surface area contributed by atoms with Gasteiger partial charge in [0, 0.05) is 17.3 Å². The second kappa shape index (κ2) is 7.73. The molecule has 1 heterocycles. The predicted molar refractivity (Wildman–Crippen MR) is 113 cm³/mol. The number of phenols is 1. The number of carbonyl (C=O) groups excluding carboxylic acids is 1. The lowest BCUT2D eigenvalue weighted by atomic mass is 10.2. The summed E-state index contributed by atoms with van der Waals surface area (Å²) < 4.78 is 40.9. The average Bonchev–Trinajstić information content (AvgIpc) is 3.09. The lowest BCUT2D eigenvalue weighted by molar-refractivity contribution is 0.102. The lowest BCUT2D eigenvalue weighted by Crippen LogP contribution is -2.12. The van der Waals surface area contributed by atoms with E-state index in [2.05, 4.69) is 15.0 Å². The molecule has 3 N–H and O–H groups in total. The zero-order valence-corrected chi connectivity index (χ0v) is 16.8. The Hall–Kier alpha value is -3.50. The monoisotopic (exact) mass is 443 g/mol. The van der Waals surface area contributed by atoms with Gasteiger partial charge in [0.25, 0.3) is 15.9 Å². The number of hydrogen-bond donors (Lipinski definition) is 3. The van der Waals surface area contributed by atoms with Crippen molar-refractivity contribution in [3.63, 3.8) is 0 Å². The molecule has 0 atom stereocenters. The lowest BCUT2D eigenvalue weighted by Gasteiger charge is -2.05. The highest BCUT2D eigenvalue weighted by atomic mass is 32.2. The predicted octanol–water partition coefficient (Wildman–Crippen LogP) is 4.19. The van der Waals surface area contributed by atoms with Crippen LogP contribution in [0.15, 0.2) is 71.6 Å². The minimum absolute atomic E-state index is 0.0313. The van der Waals surface area contributed by atoms with Crippen LogP contribution in [0, 0.1) is 5.82 Å². The number of halogens is 1. The van der Waals surface area contributed by atoms with E-state index in [1.54, 1.807) is 30.3 Å². The van der Waals surface area contributed by atoms with E-state index >= 15 is 0 Å². The van der Waals surface area contributed by atoms with Gasteiger partial charge >= 0.3 is 0 Å². The summed E-state index contributed by atoms with van der Waals surface area (Å²) in [6.45, 7) is 0. The molecule has 0 spiro atoms. The molecule has 7 nitrogen and oxygen atoms in total. The fraction of sp³-hybridized carbons (Fsp3) is 0. The fourth-order valence-electron chi connectivity index (χ4n) is 2.68. The molecule has 0 aliphatic rings. The van der Waals surface area contributed by atoms with E-state index < -0.39 is 15.8 Å². The van der Waals surface area contributed by atoms with Crippen LogP contribution in [0.4, 0.5) is 15.2 Å². The van der Waals surface area contributed by atoms with Gasteiger partial charge in [0.05, 0.1) is 15.1 Å². The second-order valence-electron chi connectivity index (χ2n) is 6.27. The van der Waals surface area contributed by atoms with Crippen LogP contribution in [-0.4, -0.2) is 24.4 Å². The summed E-state index contributed by atoms with van der Waals surface area (Å²) >= 11 is 1.07. The van der Waals surface area contributed by atoms with E-state index in [-0.39, 0.29) is 21.7 Å². The number of rotatable bonds is 5. The maximum absolute atomic E-state index is 13.0. The normalized spacial score (nSPS) is 11.4. The average molecular weight is 443 g/mol. The van der Waals surface area contributed by atoms with E-state index in [4.69, 9.17) is 0 Å². The Balaban J connectivity index is 1.56. The van der Waals surface area contributed by atoms with Crippen molar-refractivity contribution in [3.05, 3.63) is 78.1 Å². The molecule has 0 aliphatic carbocycles. The molecule has 0 bridgehead atoms. The van der Waals surface area contributed by atoms with Gasteiger partial charge in [-0.25, -0.2) is 17.8 Å². The maximum atomic E-state index is 13.0. The molecule has 30 heavy (non-hydrogen) atoms. The molecular weight excluding hydrogens is 429 g/mol. The zero-order valence-electron chi connectivity index (χ0n) is 15.2. The van der Waals surface area contributed by atoms with Crippen LogP contribution in [0.3, 0.4) is 0 Å². The largest absolute Gasteiger partial charge is 0.508 e. The summed E-state index contributed by atoms with van der Waals surface area (Å²) in [6, 6.07) is 15.4. The molecule has 1 aromatic heterocycles.